The lowest BCUT2D eigenvalue weighted by molar-refractivity contribution is -0.320. The van der Waals surface area contributed by atoms with Crippen LogP contribution in [-0.2, 0) is 18.6 Å². The lowest BCUT2D eigenvalue weighted by atomic mass is 9.78. The van der Waals surface area contributed by atoms with E-state index in [4.69, 9.17) is 18.6 Å². The van der Waals surface area contributed by atoms with Crippen molar-refractivity contribution >= 4 is 8.32 Å². The molecule has 0 aromatic heterocycles. The molecular formula is C22H44O4Si. The van der Waals surface area contributed by atoms with Gasteiger partial charge in [0.25, 0.3) is 0 Å². The third kappa shape index (κ3) is 5.78. The van der Waals surface area contributed by atoms with E-state index in [0.717, 1.165) is 0 Å². The van der Waals surface area contributed by atoms with Gasteiger partial charge in [-0.2, -0.15) is 0 Å². The lowest BCUT2D eigenvalue weighted by Gasteiger charge is -2.49. The highest BCUT2D eigenvalue weighted by molar-refractivity contribution is 6.74. The van der Waals surface area contributed by atoms with Crippen LogP contribution in [0.5, 0.6) is 0 Å². The summed E-state index contributed by atoms with van der Waals surface area (Å²) in [6, 6.07) is 0. The molecule has 0 bridgehead atoms. The molecule has 0 unspecified atom stereocenters. The number of hydrogen-bond donors (Lipinski definition) is 0. The van der Waals surface area contributed by atoms with Crippen LogP contribution in [0.4, 0.5) is 0 Å². The highest BCUT2D eigenvalue weighted by atomic mass is 28.4. The molecule has 0 N–H and O–H groups in total. The van der Waals surface area contributed by atoms with Gasteiger partial charge in [0.2, 0.25) is 0 Å². The van der Waals surface area contributed by atoms with Crippen molar-refractivity contribution in [1.82, 2.24) is 0 Å². The summed E-state index contributed by atoms with van der Waals surface area (Å²) < 4.78 is 25.1. The van der Waals surface area contributed by atoms with Gasteiger partial charge in [-0.1, -0.05) is 47.0 Å². The number of rotatable bonds is 6. The molecule has 0 aromatic rings. The maximum Gasteiger partial charge on any atom is 0.192 e. The van der Waals surface area contributed by atoms with Crippen molar-refractivity contribution in [1.29, 1.82) is 0 Å². The zero-order valence-electron chi connectivity index (χ0n) is 19.3. The van der Waals surface area contributed by atoms with E-state index in [1.165, 1.54) is 32.1 Å². The summed E-state index contributed by atoms with van der Waals surface area (Å²) in [5, 5.41) is 0.204. The van der Waals surface area contributed by atoms with Crippen LogP contribution < -0.4 is 0 Å². The van der Waals surface area contributed by atoms with E-state index in [2.05, 4.69) is 40.8 Å². The molecule has 0 spiro atoms. The van der Waals surface area contributed by atoms with Gasteiger partial charge in [-0.05, 0) is 50.7 Å². The first kappa shape index (κ1) is 23.3. The first-order valence-electron chi connectivity index (χ1n) is 10.9. The Balaban J connectivity index is 2.27. The van der Waals surface area contributed by atoms with Crippen LogP contribution in [0.15, 0.2) is 0 Å². The molecule has 5 heteroatoms. The Morgan fingerprint density at radius 1 is 1.07 bits per heavy atom. The standard InChI is InChI=1S/C22H44O4Si/c1-16(20-18(23-7)15-24-22(5,6)25-20)19(17-13-11-10-12-14-17)26-27(8,9)21(2,3)4/h16-20H,10-15H2,1-9H3/t16-,18-,19+,20+/m1/s1. The van der Waals surface area contributed by atoms with Crippen LogP contribution >= 0.6 is 0 Å². The predicted octanol–water partition coefficient (Wildman–Crippen LogP) is 5.76. The van der Waals surface area contributed by atoms with Gasteiger partial charge in [0.1, 0.15) is 6.10 Å². The van der Waals surface area contributed by atoms with E-state index < -0.39 is 14.1 Å². The zero-order chi connectivity index (χ0) is 20.5. The van der Waals surface area contributed by atoms with E-state index in [9.17, 15) is 0 Å². The molecule has 0 amide bonds. The summed E-state index contributed by atoms with van der Waals surface area (Å²) >= 11 is 0. The fourth-order valence-corrected chi connectivity index (χ4v) is 5.70. The molecule has 1 aliphatic carbocycles. The Labute approximate surface area is 168 Å². The Bertz CT molecular complexity index is 465. The minimum atomic E-state index is -1.87. The van der Waals surface area contributed by atoms with Crippen molar-refractivity contribution in [2.24, 2.45) is 11.8 Å². The normalized spacial score (nSPS) is 30.1. The molecule has 0 radical (unpaired) electrons. The fourth-order valence-electron chi connectivity index (χ4n) is 4.26. The molecule has 2 fully saturated rings. The largest absolute Gasteiger partial charge is 0.413 e. The number of ether oxygens (including phenoxy) is 3. The Hall–Kier alpha value is 0.0569. The smallest absolute Gasteiger partial charge is 0.192 e. The maximum atomic E-state index is 7.08. The van der Waals surface area contributed by atoms with Gasteiger partial charge in [0.15, 0.2) is 14.1 Å². The van der Waals surface area contributed by atoms with Crippen LogP contribution in [0, 0.1) is 11.8 Å². The van der Waals surface area contributed by atoms with Crippen molar-refractivity contribution < 1.29 is 18.6 Å². The second kappa shape index (κ2) is 8.82. The van der Waals surface area contributed by atoms with Crippen molar-refractivity contribution in [2.75, 3.05) is 13.7 Å². The quantitative estimate of drug-likeness (QED) is 0.531. The van der Waals surface area contributed by atoms with Crippen molar-refractivity contribution in [2.45, 2.75) is 116 Å². The summed E-state index contributed by atoms with van der Waals surface area (Å²) in [5.74, 6) is 0.326. The van der Waals surface area contributed by atoms with Crippen LogP contribution in [-0.4, -0.2) is 46.1 Å². The third-order valence-corrected chi connectivity index (χ3v) is 11.5. The van der Waals surface area contributed by atoms with Crippen molar-refractivity contribution in [3.05, 3.63) is 0 Å². The summed E-state index contributed by atoms with van der Waals surface area (Å²) in [6.07, 6.45) is 6.73. The minimum Gasteiger partial charge on any atom is -0.413 e. The van der Waals surface area contributed by atoms with Crippen LogP contribution in [0.25, 0.3) is 0 Å². The van der Waals surface area contributed by atoms with Gasteiger partial charge in [-0.25, -0.2) is 0 Å². The van der Waals surface area contributed by atoms with Gasteiger partial charge in [-0.3, -0.25) is 0 Å². The maximum absolute atomic E-state index is 7.08. The van der Waals surface area contributed by atoms with Crippen molar-refractivity contribution in [3.63, 3.8) is 0 Å². The SMILES string of the molecule is CO[C@@H]1COC(C)(C)O[C@H]1[C@H](C)[C@H](O[Si](C)(C)C(C)(C)C)C1CCCCC1. The van der Waals surface area contributed by atoms with Crippen LogP contribution in [0.3, 0.4) is 0 Å². The lowest BCUT2D eigenvalue weighted by Crippen LogP contribution is -2.57. The summed E-state index contributed by atoms with van der Waals surface area (Å²) in [6.45, 7) is 18.6. The first-order chi connectivity index (χ1) is 12.4. The molecule has 1 saturated carbocycles. The average Bonchev–Trinajstić information content (AvgIpc) is 2.58. The molecule has 2 rings (SSSR count). The second-order valence-corrected chi connectivity index (χ2v) is 15.4. The average molecular weight is 401 g/mol. The third-order valence-electron chi connectivity index (χ3n) is 7.07. The Morgan fingerprint density at radius 3 is 2.19 bits per heavy atom. The molecular weight excluding hydrogens is 356 g/mol. The van der Waals surface area contributed by atoms with Crippen LogP contribution in [0.1, 0.15) is 73.6 Å². The van der Waals surface area contributed by atoms with Gasteiger partial charge >= 0.3 is 0 Å². The zero-order valence-corrected chi connectivity index (χ0v) is 20.3. The summed E-state index contributed by atoms with van der Waals surface area (Å²) in [4.78, 5) is 0. The molecule has 4 nitrogen and oxygen atoms in total. The van der Waals surface area contributed by atoms with E-state index >= 15 is 0 Å². The molecule has 4 atom stereocenters. The highest BCUT2D eigenvalue weighted by Crippen LogP contribution is 2.43. The van der Waals surface area contributed by atoms with E-state index in [0.29, 0.717) is 12.5 Å². The predicted molar refractivity (Wildman–Crippen MR) is 114 cm³/mol. The second-order valence-electron chi connectivity index (χ2n) is 10.7. The molecule has 1 aliphatic heterocycles. The summed E-state index contributed by atoms with van der Waals surface area (Å²) in [5.41, 5.74) is 0. The molecule has 160 valence electrons. The number of methoxy groups -OCH3 is 1. The first-order valence-corrected chi connectivity index (χ1v) is 13.8. The number of hydrogen-bond acceptors (Lipinski definition) is 4. The Morgan fingerprint density at radius 2 is 1.67 bits per heavy atom. The van der Waals surface area contributed by atoms with E-state index in [1.54, 1.807) is 7.11 Å². The van der Waals surface area contributed by atoms with Crippen LogP contribution in [0.2, 0.25) is 18.1 Å². The molecule has 27 heavy (non-hydrogen) atoms. The van der Waals surface area contributed by atoms with E-state index in [1.807, 2.05) is 13.8 Å². The monoisotopic (exact) mass is 400 g/mol. The molecule has 2 aliphatic rings. The minimum absolute atomic E-state index is 0.00422. The molecule has 1 heterocycles. The summed E-state index contributed by atoms with van der Waals surface area (Å²) in [7, 11) is -0.110. The molecule has 1 saturated heterocycles. The van der Waals surface area contributed by atoms with Gasteiger partial charge in [0, 0.05) is 13.0 Å². The van der Waals surface area contributed by atoms with Gasteiger partial charge in [0.05, 0.1) is 18.8 Å². The highest BCUT2D eigenvalue weighted by Gasteiger charge is 2.47. The fraction of sp³-hybridized carbons (Fsp3) is 1.00. The topological polar surface area (TPSA) is 36.9 Å². The van der Waals surface area contributed by atoms with Gasteiger partial charge in [-0.15, -0.1) is 0 Å². The van der Waals surface area contributed by atoms with Crippen molar-refractivity contribution in [3.8, 4) is 0 Å². The molecule has 0 aromatic carbocycles. The van der Waals surface area contributed by atoms with E-state index in [-0.39, 0.29) is 29.3 Å². The Kier molecular flexibility index (Phi) is 7.63. The van der Waals surface area contributed by atoms with Gasteiger partial charge < -0.3 is 18.6 Å².